The number of aromatic nitrogens is 3. The summed E-state index contributed by atoms with van der Waals surface area (Å²) in [4.78, 5) is 39.5. The number of carbonyl (C=O) groups excluding carboxylic acids is 2. The summed E-state index contributed by atoms with van der Waals surface area (Å²) in [7, 11) is 0. The molecule has 3 aromatic rings. The number of halogens is 2. The molecule has 1 aromatic carbocycles. The van der Waals surface area contributed by atoms with E-state index in [-0.39, 0.29) is 17.9 Å². The third-order valence-electron chi connectivity index (χ3n) is 4.40. The molecule has 0 spiro atoms. The largest absolute Gasteiger partial charge is 0.322 e. The highest BCUT2D eigenvalue weighted by atomic mass is 32.1. The number of thiazole rings is 1. The maximum absolute atomic E-state index is 13.7. The lowest BCUT2D eigenvalue weighted by atomic mass is 10.2. The van der Waals surface area contributed by atoms with Gasteiger partial charge >= 0.3 is 0 Å². The Hall–Kier alpha value is -3.31. The van der Waals surface area contributed by atoms with Gasteiger partial charge in [-0.1, -0.05) is 0 Å². The van der Waals surface area contributed by atoms with Gasteiger partial charge in [0.2, 0.25) is 5.91 Å². The maximum Gasteiger partial charge on any atom is 0.277 e. The van der Waals surface area contributed by atoms with Crippen molar-refractivity contribution in [2.24, 2.45) is 0 Å². The van der Waals surface area contributed by atoms with Gasteiger partial charge in [0.05, 0.1) is 24.1 Å². The molecule has 0 atom stereocenters. The van der Waals surface area contributed by atoms with Gasteiger partial charge in [0.15, 0.2) is 5.13 Å². The number of carbonyl (C=O) groups is 2. The van der Waals surface area contributed by atoms with Crippen LogP contribution in [0.3, 0.4) is 0 Å². The van der Waals surface area contributed by atoms with E-state index in [9.17, 15) is 18.4 Å². The summed E-state index contributed by atoms with van der Waals surface area (Å²) in [6, 6.07) is 2.99. The molecule has 4 rings (SSSR count). The van der Waals surface area contributed by atoms with Crippen LogP contribution in [0.4, 0.5) is 19.6 Å². The Morgan fingerprint density at radius 2 is 2.07 bits per heavy atom. The van der Waals surface area contributed by atoms with Crippen molar-refractivity contribution >= 4 is 34.0 Å². The summed E-state index contributed by atoms with van der Waals surface area (Å²) in [6.45, 7) is 1.12. The van der Waals surface area contributed by atoms with Crippen LogP contribution in [0.2, 0.25) is 0 Å². The zero-order chi connectivity index (χ0) is 21.1. The highest BCUT2D eigenvalue weighted by Gasteiger charge is 2.23. The first-order chi connectivity index (χ1) is 14.5. The molecule has 0 bridgehead atoms. The molecule has 2 N–H and O–H groups in total. The average molecular weight is 430 g/mol. The number of hydrogen-bond acceptors (Lipinski definition) is 7. The predicted octanol–water partition coefficient (Wildman–Crippen LogP) is 2.46. The number of fused-ring (bicyclic) bond motifs is 1. The van der Waals surface area contributed by atoms with Crippen molar-refractivity contribution in [1.29, 1.82) is 0 Å². The molecule has 30 heavy (non-hydrogen) atoms. The van der Waals surface area contributed by atoms with Gasteiger partial charge in [-0.3, -0.25) is 24.8 Å². The molecular weight excluding hydrogens is 414 g/mol. The lowest BCUT2D eigenvalue weighted by Gasteiger charge is -2.25. The number of amides is 2. The fourth-order valence-corrected chi connectivity index (χ4v) is 4.04. The minimum Gasteiger partial charge on any atom is -0.322 e. The van der Waals surface area contributed by atoms with E-state index >= 15 is 0 Å². The van der Waals surface area contributed by atoms with Gasteiger partial charge in [0.25, 0.3) is 5.91 Å². The van der Waals surface area contributed by atoms with E-state index in [1.54, 1.807) is 0 Å². The van der Waals surface area contributed by atoms with Gasteiger partial charge in [-0.05, 0) is 12.1 Å². The van der Waals surface area contributed by atoms with Gasteiger partial charge in [-0.15, -0.1) is 11.3 Å². The number of hydrogen-bond donors (Lipinski definition) is 2. The van der Waals surface area contributed by atoms with Crippen LogP contribution in [0.1, 0.15) is 21.1 Å². The van der Waals surface area contributed by atoms with E-state index in [0.717, 1.165) is 22.7 Å². The second kappa shape index (κ2) is 8.59. The molecule has 11 heteroatoms. The number of rotatable bonds is 5. The van der Waals surface area contributed by atoms with Crippen molar-refractivity contribution in [2.75, 3.05) is 23.7 Å². The third-order valence-corrected chi connectivity index (χ3v) is 5.40. The Kier molecular flexibility index (Phi) is 5.72. The molecule has 0 aliphatic carbocycles. The number of anilines is 2. The smallest absolute Gasteiger partial charge is 0.277 e. The molecule has 8 nitrogen and oxygen atoms in total. The quantitative estimate of drug-likeness (QED) is 0.645. The second-order valence-corrected chi connectivity index (χ2v) is 7.65. The molecule has 2 amide bonds. The maximum atomic E-state index is 13.7. The number of nitrogens with zero attached hydrogens (tertiary/aromatic N) is 4. The van der Waals surface area contributed by atoms with Gasteiger partial charge < -0.3 is 5.32 Å². The summed E-state index contributed by atoms with van der Waals surface area (Å²) in [6.07, 6.45) is 4.90. The monoisotopic (exact) mass is 430 g/mol. The van der Waals surface area contributed by atoms with Crippen LogP contribution in [0.25, 0.3) is 0 Å². The van der Waals surface area contributed by atoms with Crippen LogP contribution in [-0.2, 0) is 17.8 Å². The lowest BCUT2D eigenvalue weighted by Crippen LogP contribution is -2.36. The Balaban J connectivity index is 1.35. The fraction of sp³-hybridized carbons (Fsp3) is 0.211. The summed E-state index contributed by atoms with van der Waals surface area (Å²) in [5, 5.41) is 5.62. The molecule has 1 aliphatic rings. The highest BCUT2D eigenvalue weighted by molar-refractivity contribution is 7.15. The van der Waals surface area contributed by atoms with E-state index in [4.69, 9.17) is 0 Å². The molecule has 2 aromatic heterocycles. The van der Waals surface area contributed by atoms with Gasteiger partial charge in [0.1, 0.15) is 17.3 Å². The zero-order valence-electron chi connectivity index (χ0n) is 15.6. The zero-order valence-corrected chi connectivity index (χ0v) is 16.4. The normalized spacial score (nSPS) is 13.5. The van der Waals surface area contributed by atoms with Crippen LogP contribution < -0.4 is 10.6 Å². The van der Waals surface area contributed by atoms with Crippen LogP contribution in [0, 0.1) is 11.6 Å². The molecular formula is C19H16F2N6O2S. The Morgan fingerprint density at radius 1 is 1.20 bits per heavy atom. The first-order valence-electron chi connectivity index (χ1n) is 9.01. The van der Waals surface area contributed by atoms with Gasteiger partial charge in [-0.25, -0.2) is 18.7 Å². The van der Waals surface area contributed by atoms with E-state index in [2.05, 4.69) is 25.6 Å². The van der Waals surface area contributed by atoms with Crippen LogP contribution >= 0.6 is 11.3 Å². The van der Waals surface area contributed by atoms with Crippen molar-refractivity contribution < 1.29 is 18.4 Å². The highest BCUT2D eigenvalue weighted by Crippen LogP contribution is 2.28. The minimum absolute atomic E-state index is 0.0510. The topological polar surface area (TPSA) is 100 Å². The Bertz CT molecular complexity index is 1090. The van der Waals surface area contributed by atoms with Gasteiger partial charge in [-0.2, -0.15) is 0 Å². The van der Waals surface area contributed by atoms with Crippen molar-refractivity contribution in [3.8, 4) is 0 Å². The Labute approximate surface area is 174 Å². The summed E-state index contributed by atoms with van der Waals surface area (Å²) in [5.41, 5.74) is 0.999. The first kappa shape index (κ1) is 20.0. The van der Waals surface area contributed by atoms with Crippen molar-refractivity contribution in [3.05, 3.63) is 64.7 Å². The Morgan fingerprint density at radius 3 is 2.83 bits per heavy atom. The van der Waals surface area contributed by atoms with Crippen molar-refractivity contribution in [1.82, 2.24) is 19.9 Å². The molecule has 1 aliphatic heterocycles. The SMILES string of the molecule is O=C(CN1CCc2nc(NC(=O)c3cnccn3)sc2C1)Nc1ccc(F)cc1F. The standard InChI is InChI=1S/C19H16F2N6O2S/c20-11-1-2-13(12(21)7-11)24-17(28)10-27-6-3-14-16(9-27)30-19(25-14)26-18(29)15-8-22-4-5-23-15/h1-2,4-5,7-8H,3,6,9-10H2,(H,24,28)(H,25,26,29). The molecule has 0 saturated heterocycles. The fourth-order valence-electron chi connectivity index (χ4n) is 3.00. The van der Waals surface area contributed by atoms with Crippen LogP contribution in [0.5, 0.6) is 0 Å². The molecule has 154 valence electrons. The first-order valence-corrected chi connectivity index (χ1v) is 9.83. The van der Waals surface area contributed by atoms with Crippen LogP contribution in [-0.4, -0.2) is 44.8 Å². The second-order valence-electron chi connectivity index (χ2n) is 6.57. The predicted molar refractivity (Wildman–Crippen MR) is 106 cm³/mol. The van der Waals surface area contributed by atoms with E-state index in [1.165, 1.54) is 36.0 Å². The van der Waals surface area contributed by atoms with E-state index < -0.39 is 23.4 Å². The minimum atomic E-state index is -0.824. The van der Waals surface area contributed by atoms with Gasteiger partial charge in [0, 0.05) is 42.8 Å². The average Bonchev–Trinajstić information content (AvgIpc) is 3.12. The summed E-state index contributed by atoms with van der Waals surface area (Å²) < 4.78 is 26.7. The molecule has 0 unspecified atom stereocenters. The van der Waals surface area contributed by atoms with E-state index in [0.29, 0.717) is 24.6 Å². The summed E-state index contributed by atoms with van der Waals surface area (Å²) >= 11 is 1.33. The van der Waals surface area contributed by atoms with E-state index in [1.807, 2.05) is 4.90 Å². The molecule has 3 heterocycles. The lowest BCUT2D eigenvalue weighted by molar-refractivity contribution is -0.117. The number of nitrogens with one attached hydrogen (secondary N) is 2. The molecule has 0 radical (unpaired) electrons. The van der Waals surface area contributed by atoms with Crippen LogP contribution in [0.15, 0.2) is 36.8 Å². The summed E-state index contributed by atoms with van der Waals surface area (Å²) in [5.74, 6) is -2.33. The number of benzene rings is 1. The molecule has 0 fully saturated rings. The molecule has 0 saturated carbocycles. The van der Waals surface area contributed by atoms with Crippen molar-refractivity contribution in [3.63, 3.8) is 0 Å². The third kappa shape index (κ3) is 4.63. The van der Waals surface area contributed by atoms with Crippen molar-refractivity contribution in [2.45, 2.75) is 13.0 Å².